The summed E-state index contributed by atoms with van der Waals surface area (Å²) in [5.74, 6) is -0.247. The van der Waals surface area contributed by atoms with Crippen LogP contribution in [0.4, 0.5) is 0 Å². The van der Waals surface area contributed by atoms with Gasteiger partial charge in [-0.2, -0.15) is 0 Å². The van der Waals surface area contributed by atoms with Crippen molar-refractivity contribution in [2.24, 2.45) is 5.73 Å². The summed E-state index contributed by atoms with van der Waals surface area (Å²) >= 11 is 6.06. The van der Waals surface area contributed by atoms with E-state index in [1.54, 1.807) is 19.1 Å². The smallest absolute Gasteiger partial charge is 0.264 e. The van der Waals surface area contributed by atoms with Crippen LogP contribution in [0.25, 0.3) is 0 Å². The Bertz CT molecular complexity index is 562. The molecule has 1 aromatic rings. The predicted molar refractivity (Wildman–Crippen MR) is 80.2 cm³/mol. The van der Waals surface area contributed by atoms with Crippen LogP contribution in [0, 0.1) is 6.92 Å². The van der Waals surface area contributed by atoms with Crippen LogP contribution in [0.3, 0.4) is 0 Å². The van der Waals surface area contributed by atoms with E-state index in [0.717, 1.165) is 12.0 Å². The molecule has 0 spiro atoms. The second-order valence-electron chi connectivity index (χ2n) is 5.29. The molecule has 0 bridgehead atoms. The predicted octanol–water partition coefficient (Wildman–Crippen LogP) is 1.89. The normalized spacial score (nSPS) is 19.4. The third kappa shape index (κ3) is 3.47. The molecule has 2 rings (SSSR count). The summed E-state index contributed by atoms with van der Waals surface area (Å²) in [7, 11) is 0. The number of benzene rings is 1. The SMILES string of the molecule is Cc1ccc(Cl)c(OC(C)C(=O)N2CCC[C@@H]2C(N)=O)c1. The molecule has 1 aromatic carbocycles. The Morgan fingerprint density at radius 2 is 2.19 bits per heavy atom. The molecule has 1 unspecified atom stereocenters. The molecule has 2 N–H and O–H groups in total. The second-order valence-corrected chi connectivity index (χ2v) is 5.69. The molecule has 2 amide bonds. The topological polar surface area (TPSA) is 72.6 Å². The lowest BCUT2D eigenvalue weighted by molar-refractivity contribution is -0.142. The fourth-order valence-corrected chi connectivity index (χ4v) is 2.66. The van der Waals surface area contributed by atoms with Gasteiger partial charge in [0.25, 0.3) is 5.91 Å². The second kappa shape index (κ2) is 6.35. The number of nitrogens with zero attached hydrogens (tertiary/aromatic N) is 1. The number of amides is 2. The van der Waals surface area contributed by atoms with Crippen LogP contribution in [0.2, 0.25) is 5.02 Å². The van der Waals surface area contributed by atoms with Gasteiger partial charge in [-0.15, -0.1) is 0 Å². The van der Waals surface area contributed by atoms with Crippen molar-refractivity contribution >= 4 is 23.4 Å². The van der Waals surface area contributed by atoms with E-state index in [0.29, 0.717) is 23.7 Å². The molecule has 21 heavy (non-hydrogen) atoms. The molecular weight excluding hydrogens is 292 g/mol. The van der Waals surface area contributed by atoms with Gasteiger partial charge < -0.3 is 15.4 Å². The van der Waals surface area contributed by atoms with E-state index in [4.69, 9.17) is 22.1 Å². The van der Waals surface area contributed by atoms with E-state index < -0.39 is 18.1 Å². The van der Waals surface area contributed by atoms with Crippen LogP contribution >= 0.6 is 11.6 Å². The molecule has 2 atom stereocenters. The first-order valence-electron chi connectivity index (χ1n) is 6.92. The lowest BCUT2D eigenvalue weighted by atomic mass is 10.2. The average molecular weight is 311 g/mol. The van der Waals surface area contributed by atoms with Crippen molar-refractivity contribution in [1.29, 1.82) is 0 Å². The van der Waals surface area contributed by atoms with Gasteiger partial charge in [0.1, 0.15) is 11.8 Å². The lowest BCUT2D eigenvalue weighted by Crippen LogP contribution is -2.48. The standard InChI is InChI=1S/C15H19ClN2O3/c1-9-5-6-11(16)13(8-9)21-10(2)15(20)18-7-3-4-12(18)14(17)19/h5-6,8,10,12H,3-4,7H2,1-2H3,(H2,17,19)/t10?,12-/m1/s1. The zero-order valence-electron chi connectivity index (χ0n) is 12.1. The number of hydrogen-bond donors (Lipinski definition) is 1. The zero-order valence-corrected chi connectivity index (χ0v) is 12.9. The molecule has 5 nitrogen and oxygen atoms in total. The third-order valence-corrected chi connectivity index (χ3v) is 3.91. The fraction of sp³-hybridized carbons (Fsp3) is 0.467. The number of nitrogens with two attached hydrogens (primary N) is 1. The lowest BCUT2D eigenvalue weighted by Gasteiger charge is -2.26. The Hall–Kier alpha value is -1.75. The number of halogens is 1. The van der Waals surface area contributed by atoms with Gasteiger partial charge in [-0.05, 0) is 44.4 Å². The van der Waals surface area contributed by atoms with Crippen molar-refractivity contribution in [3.05, 3.63) is 28.8 Å². The monoisotopic (exact) mass is 310 g/mol. The van der Waals surface area contributed by atoms with E-state index in [9.17, 15) is 9.59 Å². The summed E-state index contributed by atoms with van der Waals surface area (Å²) in [5.41, 5.74) is 6.32. The maximum Gasteiger partial charge on any atom is 0.264 e. The number of aryl methyl sites for hydroxylation is 1. The Labute approximate surface area is 129 Å². The quantitative estimate of drug-likeness (QED) is 0.923. The van der Waals surface area contributed by atoms with Crippen molar-refractivity contribution < 1.29 is 14.3 Å². The van der Waals surface area contributed by atoms with Crippen LogP contribution < -0.4 is 10.5 Å². The van der Waals surface area contributed by atoms with Crippen molar-refractivity contribution in [3.8, 4) is 5.75 Å². The highest BCUT2D eigenvalue weighted by Gasteiger charge is 2.35. The highest BCUT2D eigenvalue weighted by molar-refractivity contribution is 6.32. The first-order valence-corrected chi connectivity index (χ1v) is 7.30. The van der Waals surface area contributed by atoms with Gasteiger partial charge >= 0.3 is 0 Å². The first-order chi connectivity index (χ1) is 9.90. The maximum atomic E-state index is 12.4. The first kappa shape index (κ1) is 15.6. The van der Waals surface area contributed by atoms with Crippen LogP contribution in [-0.2, 0) is 9.59 Å². The highest BCUT2D eigenvalue weighted by atomic mass is 35.5. The van der Waals surface area contributed by atoms with Crippen molar-refractivity contribution in [2.45, 2.75) is 38.8 Å². The molecule has 0 radical (unpaired) electrons. The third-order valence-electron chi connectivity index (χ3n) is 3.60. The van der Waals surface area contributed by atoms with Crippen molar-refractivity contribution in [3.63, 3.8) is 0 Å². The Morgan fingerprint density at radius 3 is 2.86 bits per heavy atom. The van der Waals surface area contributed by atoms with Crippen LogP contribution in [0.15, 0.2) is 18.2 Å². The Balaban J connectivity index is 2.09. The molecule has 1 aliphatic heterocycles. The van der Waals surface area contributed by atoms with E-state index in [1.807, 2.05) is 13.0 Å². The molecule has 0 saturated carbocycles. The minimum atomic E-state index is -0.718. The van der Waals surface area contributed by atoms with Crippen LogP contribution in [0.5, 0.6) is 5.75 Å². The minimum Gasteiger partial charge on any atom is -0.479 e. The van der Waals surface area contributed by atoms with E-state index in [-0.39, 0.29) is 5.91 Å². The minimum absolute atomic E-state index is 0.242. The zero-order chi connectivity index (χ0) is 15.6. The molecule has 0 aromatic heterocycles. The van der Waals surface area contributed by atoms with Gasteiger partial charge in [-0.3, -0.25) is 9.59 Å². The molecular formula is C15H19ClN2O3. The molecule has 1 saturated heterocycles. The summed E-state index contributed by atoms with van der Waals surface area (Å²) in [4.78, 5) is 25.3. The summed E-state index contributed by atoms with van der Waals surface area (Å²) < 4.78 is 5.65. The summed E-state index contributed by atoms with van der Waals surface area (Å²) in [5, 5.41) is 0.452. The summed E-state index contributed by atoms with van der Waals surface area (Å²) in [6.45, 7) is 4.10. The van der Waals surface area contributed by atoms with Crippen LogP contribution in [0.1, 0.15) is 25.3 Å². The van der Waals surface area contributed by atoms with Gasteiger partial charge in [-0.1, -0.05) is 17.7 Å². The van der Waals surface area contributed by atoms with Crippen molar-refractivity contribution in [1.82, 2.24) is 4.90 Å². The van der Waals surface area contributed by atoms with E-state index >= 15 is 0 Å². The highest BCUT2D eigenvalue weighted by Crippen LogP contribution is 2.27. The number of primary amides is 1. The number of carbonyl (C=O) groups excluding carboxylic acids is 2. The maximum absolute atomic E-state index is 12.4. The number of likely N-dealkylation sites (tertiary alicyclic amines) is 1. The number of hydrogen-bond acceptors (Lipinski definition) is 3. The van der Waals surface area contributed by atoms with E-state index in [2.05, 4.69) is 0 Å². The van der Waals surface area contributed by atoms with Gasteiger partial charge in [0, 0.05) is 6.54 Å². The molecule has 1 fully saturated rings. The summed E-state index contributed by atoms with van der Waals surface area (Å²) in [6, 6.07) is 4.84. The van der Waals surface area contributed by atoms with E-state index in [1.165, 1.54) is 4.90 Å². The van der Waals surface area contributed by atoms with Crippen LogP contribution in [-0.4, -0.2) is 35.4 Å². The number of ether oxygens (including phenoxy) is 1. The Morgan fingerprint density at radius 1 is 1.48 bits per heavy atom. The molecule has 0 aliphatic carbocycles. The molecule has 114 valence electrons. The number of carbonyl (C=O) groups is 2. The molecule has 6 heteroatoms. The Kier molecular flexibility index (Phi) is 4.73. The fourth-order valence-electron chi connectivity index (χ4n) is 2.50. The number of rotatable bonds is 4. The van der Waals surface area contributed by atoms with Gasteiger partial charge in [0.2, 0.25) is 5.91 Å². The van der Waals surface area contributed by atoms with Gasteiger partial charge in [0.15, 0.2) is 6.10 Å². The molecule has 1 aliphatic rings. The van der Waals surface area contributed by atoms with Gasteiger partial charge in [-0.25, -0.2) is 0 Å². The van der Waals surface area contributed by atoms with Gasteiger partial charge in [0.05, 0.1) is 5.02 Å². The summed E-state index contributed by atoms with van der Waals surface area (Å²) in [6.07, 6.45) is 0.667. The average Bonchev–Trinajstić information content (AvgIpc) is 2.91. The van der Waals surface area contributed by atoms with Crippen molar-refractivity contribution in [2.75, 3.05) is 6.54 Å². The largest absolute Gasteiger partial charge is 0.479 e. The molecule has 1 heterocycles.